The van der Waals surface area contributed by atoms with Crippen molar-refractivity contribution in [1.29, 1.82) is 0 Å². The molecule has 33 heavy (non-hydrogen) atoms. The van der Waals surface area contributed by atoms with Crippen molar-refractivity contribution in [2.75, 3.05) is 6.26 Å². The number of halogens is 2. The first-order valence-corrected chi connectivity index (χ1v) is 12.2. The summed E-state index contributed by atoms with van der Waals surface area (Å²) in [6.07, 6.45) is 6.07. The molecule has 4 rings (SSSR count). The predicted octanol–water partition coefficient (Wildman–Crippen LogP) is 3.89. The molecule has 1 aromatic carbocycles. The van der Waals surface area contributed by atoms with Gasteiger partial charge >= 0.3 is 0 Å². The molecule has 0 saturated carbocycles. The summed E-state index contributed by atoms with van der Waals surface area (Å²) in [5.74, 6) is -0.776. The van der Waals surface area contributed by atoms with Gasteiger partial charge in [-0.2, -0.15) is 5.10 Å². The normalized spacial score (nSPS) is 12.6. The lowest BCUT2D eigenvalue weighted by molar-refractivity contribution is 0.0937. The number of amides is 1. The van der Waals surface area contributed by atoms with Gasteiger partial charge < -0.3 is 5.32 Å². The molecule has 3 heterocycles. The Bertz CT molecular complexity index is 1450. The lowest BCUT2D eigenvalue weighted by Gasteiger charge is -2.18. The van der Waals surface area contributed by atoms with E-state index in [4.69, 9.17) is 11.6 Å². The van der Waals surface area contributed by atoms with E-state index in [2.05, 4.69) is 20.4 Å². The Hall–Kier alpha value is -3.37. The van der Waals surface area contributed by atoms with Gasteiger partial charge in [0.15, 0.2) is 14.9 Å². The number of hydrogen-bond donors (Lipinski definition) is 1. The number of nitrogens with one attached hydrogen (secondary N) is 1. The van der Waals surface area contributed by atoms with E-state index in [0.29, 0.717) is 34.1 Å². The predicted molar refractivity (Wildman–Crippen MR) is 122 cm³/mol. The largest absolute Gasteiger partial charge is 0.345 e. The Kier molecular flexibility index (Phi) is 6.13. The van der Waals surface area contributed by atoms with Crippen molar-refractivity contribution >= 4 is 38.2 Å². The second-order valence-corrected chi connectivity index (χ2v) is 9.77. The van der Waals surface area contributed by atoms with Crippen molar-refractivity contribution in [2.24, 2.45) is 0 Å². The average Bonchev–Trinajstić information content (AvgIpc) is 3.21. The van der Waals surface area contributed by atoms with Crippen LogP contribution >= 0.6 is 11.6 Å². The number of carbonyl (C=O) groups is 1. The smallest absolute Gasteiger partial charge is 0.254 e. The first kappa shape index (κ1) is 22.8. The van der Waals surface area contributed by atoms with Gasteiger partial charge in [-0.15, -0.1) is 0 Å². The molecule has 0 radical (unpaired) electrons. The molecule has 8 nitrogen and oxygen atoms in total. The van der Waals surface area contributed by atoms with Gasteiger partial charge in [-0.1, -0.05) is 18.5 Å². The lowest BCUT2D eigenvalue weighted by atomic mass is 10.1. The first-order valence-electron chi connectivity index (χ1n) is 9.93. The number of hydrogen-bond acceptors (Lipinski definition) is 6. The van der Waals surface area contributed by atoms with Crippen LogP contribution in [-0.2, 0) is 9.84 Å². The number of carbonyl (C=O) groups excluding carboxylic acids is 1. The van der Waals surface area contributed by atoms with E-state index in [1.165, 1.54) is 30.5 Å². The number of aromatic nitrogens is 4. The monoisotopic (exact) mass is 487 g/mol. The summed E-state index contributed by atoms with van der Waals surface area (Å²) < 4.78 is 38.7. The summed E-state index contributed by atoms with van der Waals surface area (Å²) in [7, 11) is -3.58. The molecule has 0 aliphatic carbocycles. The molecule has 1 N–H and O–H groups in total. The van der Waals surface area contributed by atoms with Crippen molar-refractivity contribution in [1.82, 2.24) is 25.1 Å². The highest BCUT2D eigenvalue weighted by molar-refractivity contribution is 7.90. The molecule has 11 heteroatoms. The topological polar surface area (TPSA) is 107 Å². The second-order valence-electron chi connectivity index (χ2n) is 7.42. The lowest BCUT2D eigenvalue weighted by Crippen LogP contribution is -2.28. The van der Waals surface area contributed by atoms with E-state index < -0.39 is 21.8 Å². The fourth-order valence-corrected chi connectivity index (χ4v) is 4.33. The number of benzene rings is 1. The average molecular weight is 488 g/mol. The Morgan fingerprint density at radius 1 is 1.18 bits per heavy atom. The maximum atomic E-state index is 13.3. The van der Waals surface area contributed by atoms with Crippen LogP contribution in [-0.4, -0.2) is 40.3 Å². The zero-order valence-corrected chi connectivity index (χ0v) is 19.2. The van der Waals surface area contributed by atoms with Crippen LogP contribution in [0.3, 0.4) is 0 Å². The van der Waals surface area contributed by atoms with Crippen molar-refractivity contribution in [3.05, 3.63) is 77.1 Å². The summed E-state index contributed by atoms with van der Waals surface area (Å²) in [6, 6.07) is 8.22. The zero-order valence-electron chi connectivity index (χ0n) is 17.7. The van der Waals surface area contributed by atoms with Crippen LogP contribution in [0.1, 0.15) is 35.3 Å². The van der Waals surface area contributed by atoms with Crippen LogP contribution in [0.25, 0.3) is 16.6 Å². The van der Waals surface area contributed by atoms with Gasteiger partial charge in [-0.3, -0.25) is 9.78 Å². The number of rotatable bonds is 6. The third-order valence-corrected chi connectivity index (χ3v) is 6.26. The summed E-state index contributed by atoms with van der Waals surface area (Å²) in [5.41, 5.74) is 2.02. The molecule has 1 amide bonds. The van der Waals surface area contributed by atoms with Crippen molar-refractivity contribution in [3.8, 4) is 5.69 Å². The summed E-state index contributed by atoms with van der Waals surface area (Å²) >= 11 is 6.03. The molecule has 0 spiro atoms. The highest BCUT2D eigenvalue weighted by Crippen LogP contribution is 2.25. The van der Waals surface area contributed by atoms with E-state index in [1.54, 1.807) is 29.2 Å². The molecule has 0 saturated heterocycles. The molecule has 170 valence electrons. The van der Waals surface area contributed by atoms with Crippen LogP contribution in [0.5, 0.6) is 0 Å². The molecular formula is C22H19ClFN5O3S. The van der Waals surface area contributed by atoms with Gasteiger partial charge in [0.2, 0.25) is 0 Å². The minimum Gasteiger partial charge on any atom is -0.345 e. The van der Waals surface area contributed by atoms with Crippen molar-refractivity contribution in [3.63, 3.8) is 0 Å². The molecule has 0 aliphatic rings. The Morgan fingerprint density at radius 2 is 1.91 bits per heavy atom. The third kappa shape index (κ3) is 4.71. The van der Waals surface area contributed by atoms with Gasteiger partial charge in [0, 0.05) is 17.8 Å². The van der Waals surface area contributed by atoms with E-state index in [-0.39, 0.29) is 16.0 Å². The third-order valence-electron chi connectivity index (χ3n) is 5.10. The highest BCUT2D eigenvalue weighted by Gasteiger charge is 2.21. The molecule has 0 bridgehead atoms. The second kappa shape index (κ2) is 8.87. The SMILES string of the molecule is CCC(NC(=O)c1cncc2c1cnn2-c1ccc(F)cc1)c1cc(Cl)nc(S(C)(=O)=O)c1. The van der Waals surface area contributed by atoms with Crippen LogP contribution in [0.4, 0.5) is 4.39 Å². The van der Waals surface area contributed by atoms with E-state index in [1.807, 2.05) is 6.92 Å². The van der Waals surface area contributed by atoms with Crippen LogP contribution in [0.15, 0.2) is 60.0 Å². The fourth-order valence-electron chi connectivity index (χ4n) is 3.45. The number of sulfone groups is 1. The minimum atomic E-state index is -3.58. The van der Waals surface area contributed by atoms with Crippen LogP contribution in [0.2, 0.25) is 5.15 Å². The summed E-state index contributed by atoms with van der Waals surface area (Å²) in [4.78, 5) is 21.2. The van der Waals surface area contributed by atoms with Gasteiger partial charge in [0.25, 0.3) is 5.91 Å². The standard InChI is InChI=1S/C22H19ClFN5O3S/c1-3-18(13-8-20(23)28-21(9-13)33(2,31)32)27-22(30)17-10-25-12-19-16(17)11-26-29(19)15-6-4-14(24)5-7-15/h4-12,18H,3H2,1-2H3,(H,27,30). The van der Waals surface area contributed by atoms with Gasteiger partial charge in [-0.05, 0) is 48.4 Å². The van der Waals surface area contributed by atoms with Crippen molar-refractivity contribution < 1.29 is 17.6 Å². The molecular weight excluding hydrogens is 469 g/mol. The molecule has 4 aromatic rings. The molecule has 1 atom stereocenters. The van der Waals surface area contributed by atoms with E-state index in [0.717, 1.165) is 6.26 Å². The zero-order chi connectivity index (χ0) is 23.8. The first-order chi connectivity index (χ1) is 15.7. The number of fused-ring (bicyclic) bond motifs is 1. The minimum absolute atomic E-state index is 0.0185. The Balaban J connectivity index is 1.68. The molecule has 3 aromatic heterocycles. The summed E-state index contributed by atoms with van der Waals surface area (Å²) in [5, 5.41) is 7.65. The van der Waals surface area contributed by atoms with E-state index >= 15 is 0 Å². The summed E-state index contributed by atoms with van der Waals surface area (Å²) in [6.45, 7) is 1.85. The maximum absolute atomic E-state index is 13.3. The van der Waals surface area contributed by atoms with Gasteiger partial charge in [0.05, 0.1) is 35.2 Å². The Morgan fingerprint density at radius 3 is 2.58 bits per heavy atom. The van der Waals surface area contributed by atoms with E-state index in [9.17, 15) is 17.6 Å². The quantitative estimate of drug-likeness (QED) is 0.413. The van der Waals surface area contributed by atoms with Gasteiger partial charge in [-0.25, -0.2) is 22.5 Å². The highest BCUT2D eigenvalue weighted by atomic mass is 35.5. The molecule has 0 fully saturated rings. The van der Waals surface area contributed by atoms with Crippen LogP contribution in [0, 0.1) is 5.82 Å². The molecule has 1 unspecified atom stereocenters. The van der Waals surface area contributed by atoms with Crippen LogP contribution < -0.4 is 5.32 Å². The molecule has 0 aliphatic heterocycles. The number of nitrogens with zero attached hydrogens (tertiary/aromatic N) is 4. The van der Waals surface area contributed by atoms with Gasteiger partial charge in [0.1, 0.15) is 11.0 Å². The van der Waals surface area contributed by atoms with Crippen molar-refractivity contribution in [2.45, 2.75) is 24.4 Å². The number of pyridine rings is 2. The maximum Gasteiger partial charge on any atom is 0.254 e. The Labute approximate surface area is 194 Å². The fraction of sp³-hybridized carbons (Fsp3) is 0.182.